The van der Waals surface area contributed by atoms with Crippen LogP contribution in [-0.2, 0) is 6.54 Å². The van der Waals surface area contributed by atoms with Gasteiger partial charge in [-0.3, -0.25) is 9.36 Å². The molecule has 1 heterocycles. The molecule has 0 aliphatic carbocycles. The van der Waals surface area contributed by atoms with E-state index in [0.717, 1.165) is 22.8 Å². The molecule has 0 fully saturated rings. The predicted molar refractivity (Wildman–Crippen MR) is 117 cm³/mol. The van der Waals surface area contributed by atoms with Gasteiger partial charge in [0.15, 0.2) is 0 Å². The van der Waals surface area contributed by atoms with E-state index in [1.165, 1.54) is 4.57 Å². The maximum absolute atomic E-state index is 12.8. The molecule has 4 rings (SSSR count). The lowest BCUT2D eigenvalue weighted by atomic mass is 9.99. The van der Waals surface area contributed by atoms with Crippen molar-refractivity contribution in [1.29, 1.82) is 0 Å². The Balaban J connectivity index is 1.98. The maximum Gasteiger partial charge on any atom is 0.257 e. The number of rotatable bonds is 4. The molecule has 0 aliphatic heterocycles. The van der Waals surface area contributed by atoms with Gasteiger partial charge in [-0.1, -0.05) is 83.9 Å². The number of hydrogen-bond donors (Lipinski definition) is 1. The van der Waals surface area contributed by atoms with Crippen molar-refractivity contribution in [1.82, 2.24) is 9.55 Å². The average molecular weight is 423 g/mol. The molecule has 0 amide bonds. The molecule has 1 N–H and O–H groups in total. The zero-order chi connectivity index (χ0) is 20.4. The molecule has 1 aromatic heterocycles. The largest absolute Gasteiger partial charge is 0.493 e. The van der Waals surface area contributed by atoms with Crippen molar-refractivity contribution >= 4 is 23.2 Å². The van der Waals surface area contributed by atoms with Gasteiger partial charge < -0.3 is 5.11 Å². The minimum atomic E-state index is -0.397. The van der Waals surface area contributed by atoms with E-state index < -0.39 is 5.56 Å². The van der Waals surface area contributed by atoms with Gasteiger partial charge in [0.1, 0.15) is 5.82 Å². The molecule has 29 heavy (non-hydrogen) atoms. The Labute approximate surface area is 177 Å². The lowest BCUT2D eigenvalue weighted by molar-refractivity contribution is 0.448. The molecular weight excluding hydrogens is 407 g/mol. The van der Waals surface area contributed by atoms with Gasteiger partial charge in [-0.25, -0.2) is 0 Å². The molecule has 0 saturated heterocycles. The van der Waals surface area contributed by atoms with Gasteiger partial charge >= 0.3 is 0 Å². The third kappa shape index (κ3) is 3.90. The van der Waals surface area contributed by atoms with Crippen LogP contribution < -0.4 is 5.56 Å². The van der Waals surface area contributed by atoms with Gasteiger partial charge in [-0.2, -0.15) is 4.98 Å². The van der Waals surface area contributed by atoms with Crippen LogP contribution in [0.15, 0.2) is 83.7 Å². The van der Waals surface area contributed by atoms with Crippen LogP contribution in [-0.4, -0.2) is 14.7 Å². The lowest BCUT2D eigenvalue weighted by Crippen LogP contribution is -2.23. The van der Waals surface area contributed by atoms with Crippen molar-refractivity contribution in [2.45, 2.75) is 6.54 Å². The molecule has 0 unspecified atom stereocenters. The summed E-state index contributed by atoms with van der Waals surface area (Å²) in [5.74, 6) is -0.0845. The number of halogens is 2. The van der Waals surface area contributed by atoms with Crippen LogP contribution in [0.4, 0.5) is 0 Å². The summed E-state index contributed by atoms with van der Waals surface area (Å²) < 4.78 is 1.47. The first-order chi connectivity index (χ1) is 14.0. The van der Waals surface area contributed by atoms with Crippen LogP contribution in [0.1, 0.15) is 5.56 Å². The summed E-state index contributed by atoms with van der Waals surface area (Å²) in [7, 11) is 0. The van der Waals surface area contributed by atoms with Crippen molar-refractivity contribution in [3.8, 4) is 28.4 Å². The third-order valence-corrected chi connectivity index (χ3v) is 5.29. The fraction of sp³-hybridized carbons (Fsp3) is 0.0435. The average Bonchev–Trinajstić information content (AvgIpc) is 2.72. The normalized spacial score (nSPS) is 10.8. The van der Waals surface area contributed by atoms with Crippen LogP contribution in [0.2, 0.25) is 10.0 Å². The van der Waals surface area contributed by atoms with E-state index in [1.54, 1.807) is 12.1 Å². The summed E-state index contributed by atoms with van der Waals surface area (Å²) in [6.07, 6.45) is 0. The SMILES string of the molecule is O=c1cc(O)nc(-c2c(Cl)cccc2-c2ccccc2)n1Cc1ccccc1Cl. The van der Waals surface area contributed by atoms with E-state index in [4.69, 9.17) is 23.2 Å². The summed E-state index contributed by atoms with van der Waals surface area (Å²) in [5.41, 5.74) is 2.67. The Kier molecular flexibility index (Phi) is 5.38. The second-order valence-corrected chi connectivity index (χ2v) is 7.30. The third-order valence-electron chi connectivity index (χ3n) is 4.60. The van der Waals surface area contributed by atoms with Crippen molar-refractivity contribution < 1.29 is 5.11 Å². The highest BCUT2D eigenvalue weighted by Crippen LogP contribution is 2.37. The predicted octanol–water partition coefficient (Wildman–Crippen LogP) is 5.64. The second-order valence-electron chi connectivity index (χ2n) is 6.48. The molecule has 0 saturated carbocycles. The highest BCUT2D eigenvalue weighted by molar-refractivity contribution is 6.34. The van der Waals surface area contributed by atoms with Crippen LogP contribution in [0.3, 0.4) is 0 Å². The molecule has 0 aliphatic rings. The summed E-state index contributed by atoms with van der Waals surface area (Å²) in [4.78, 5) is 17.1. The summed E-state index contributed by atoms with van der Waals surface area (Å²) in [5, 5.41) is 11.0. The van der Waals surface area contributed by atoms with Crippen LogP contribution in [0, 0.1) is 0 Å². The minimum absolute atomic E-state index is 0.195. The molecule has 4 aromatic rings. The zero-order valence-corrected chi connectivity index (χ0v) is 16.7. The van der Waals surface area contributed by atoms with E-state index >= 15 is 0 Å². The fourth-order valence-corrected chi connectivity index (χ4v) is 3.70. The van der Waals surface area contributed by atoms with Crippen LogP contribution in [0.5, 0.6) is 5.88 Å². The molecule has 4 nitrogen and oxygen atoms in total. The molecule has 3 aromatic carbocycles. The van der Waals surface area contributed by atoms with Gasteiger partial charge in [0, 0.05) is 10.6 Å². The van der Waals surface area contributed by atoms with Gasteiger partial charge in [0.25, 0.3) is 5.56 Å². The van der Waals surface area contributed by atoms with E-state index in [-0.39, 0.29) is 18.2 Å². The summed E-state index contributed by atoms with van der Waals surface area (Å²) in [6, 6.07) is 23.5. The monoisotopic (exact) mass is 422 g/mol. The van der Waals surface area contributed by atoms with Crippen LogP contribution >= 0.6 is 23.2 Å². The lowest BCUT2D eigenvalue weighted by Gasteiger charge is -2.17. The number of benzene rings is 3. The number of nitrogens with zero attached hydrogens (tertiary/aromatic N) is 2. The highest BCUT2D eigenvalue weighted by Gasteiger charge is 2.19. The quantitative estimate of drug-likeness (QED) is 0.462. The summed E-state index contributed by atoms with van der Waals surface area (Å²) in [6.45, 7) is 0.195. The first kappa shape index (κ1) is 19.2. The zero-order valence-electron chi connectivity index (χ0n) is 15.2. The van der Waals surface area contributed by atoms with E-state index in [2.05, 4.69) is 4.98 Å². The van der Waals surface area contributed by atoms with Crippen molar-refractivity contribution in [3.63, 3.8) is 0 Å². The van der Waals surface area contributed by atoms with Crippen LogP contribution in [0.25, 0.3) is 22.5 Å². The van der Waals surface area contributed by atoms with Gasteiger partial charge in [0.05, 0.1) is 17.6 Å². The molecule has 0 spiro atoms. The van der Waals surface area contributed by atoms with E-state index in [0.29, 0.717) is 15.6 Å². The smallest absolute Gasteiger partial charge is 0.257 e. The second kappa shape index (κ2) is 8.11. The molecule has 0 atom stereocenters. The molecule has 0 bridgehead atoms. The Bertz CT molecular complexity index is 1240. The number of aromatic nitrogens is 2. The first-order valence-corrected chi connectivity index (χ1v) is 9.69. The Morgan fingerprint density at radius 3 is 2.31 bits per heavy atom. The first-order valence-electron chi connectivity index (χ1n) is 8.93. The van der Waals surface area contributed by atoms with Crippen molar-refractivity contribution in [3.05, 3.63) is 105 Å². The number of hydrogen-bond acceptors (Lipinski definition) is 3. The minimum Gasteiger partial charge on any atom is -0.493 e. The molecular formula is C23H16Cl2N2O2. The topological polar surface area (TPSA) is 55.1 Å². The van der Waals surface area contributed by atoms with Gasteiger partial charge in [0.2, 0.25) is 5.88 Å². The molecule has 144 valence electrons. The van der Waals surface area contributed by atoms with E-state index in [1.807, 2.05) is 60.7 Å². The Morgan fingerprint density at radius 1 is 0.862 bits per heavy atom. The van der Waals surface area contributed by atoms with Gasteiger partial charge in [-0.15, -0.1) is 0 Å². The molecule has 0 radical (unpaired) electrons. The standard InChI is InChI=1S/C23H16Cl2N2O2/c24-18-11-5-4-9-16(18)14-27-21(29)13-20(28)26-23(27)22-17(10-6-12-19(22)25)15-7-2-1-3-8-15/h1-13,28H,14H2. The van der Waals surface area contributed by atoms with Crippen molar-refractivity contribution in [2.24, 2.45) is 0 Å². The van der Waals surface area contributed by atoms with Crippen molar-refractivity contribution in [2.75, 3.05) is 0 Å². The number of aromatic hydroxyl groups is 1. The van der Waals surface area contributed by atoms with Gasteiger partial charge in [-0.05, 0) is 28.8 Å². The highest BCUT2D eigenvalue weighted by atomic mass is 35.5. The fourth-order valence-electron chi connectivity index (χ4n) is 3.24. The Hall–Kier alpha value is -3.08. The molecule has 6 heteroatoms. The van der Waals surface area contributed by atoms with E-state index in [9.17, 15) is 9.90 Å². The Morgan fingerprint density at radius 2 is 1.55 bits per heavy atom. The maximum atomic E-state index is 12.8. The summed E-state index contributed by atoms with van der Waals surface area (Å²) >= 11 is 12.9.